The number of benzene rings is 1. The van der Waals surface area contributed by atoms with Gasteiger partial charge in [0.05, 0.1) is 5.69 Å². The molecule has 1 aromatic heterocycles. The van der Waals surface area contributed by atoms with Gasteiger partial charge in [-0.2, -0.15) is 0 Å². The lowest BCUT2D eigenvalue weighted by molar-refractivity contribution is -0.114. The lowest BCUT2D eigenvalue weighted by Crippen LogP contribution is -2.66. The van der Waals surface area contributed by atoms with Crippen LogP contribution in [0.15, 0.2) is 29.6 Å². The Morgan fingerprint density at radius 2 is 1.46 bits per heavy atom. The number of carbonyl (C=O) groups is 3. The second kappa shape index (κ2) is 10.9. The van der Waals surface area contributed by atoms with Crippen LogP contribution in [0.25, 0.3) is 0 Å². The number of carboxylic acid groups (broad SMARTS) is 2. The molecule has 11 heteroatoms. The number of aryl methyl sites for hydroxylation is 2. The molecule has 1 aromatic carbocycles. The molecule has 0 saturated heterocycles. The van der Waals surface area contributed by atoms with Crippen LogP contribution < -0.4 is 10.6 Å². The molecule has 35 heavy (non-hydrogen) atoms. The lowest BCUT2D eigenvalue weighted by atomic mass is 10.0. The third kappa shape index (κ3) is 7.84. The average molecular weight is 506 g/mol. The van der Waals surface area contributed by atoms with E-state index in [0.29, 0.717) is 17.2 Å². The molecule has 0 spiro atoms. The first kappa shape index (κ1) is 27.9. The zero-order chi connectivity index (χ0) is 26.6. The van der Waals surface area contributed by atoms with Crippen molar-refractivity contribution >= 4 is 40.2 Å². The molecule has 0 fully saturated rings. The Hall–Kier alpha value is -3.34. The highest BCUT2D eigenvalue weighted by atomic mass is 32.1. The second-order valence-electron chi connectivity index (χ2n) is 10.2. The Balaban J connectivity index is 2.23. The van der Waals surface area contributed by atoms with E-state index in [-0.39, 0.29) is 5.91 Å². The Morgan fingerprint density at radius 3 is 1.89 bits per heavy atom. The van der Waals surface area contributed by atoms with Crippen LogP contribution >= 0.6 is 11.3 Å². The molecule has 192 valence electrons. The van der Waals surface area contributed by atoms with Crippen LogP contribution in [0, 0.1) is 0 Å². The maximum atomic E-state index is 12.2. The van der Waals surface area contributed by atoms with Crippen molar-refractivity contribution in [3.05, 3.63) is 40.9 Å². The Morgan fingerprint density at radius 1 is 0.943 bits per heavy atom. The monoisotopic (exact) mass is 505 g/mol. The van der Waals surface area contributed by atoms with E-state index in [4.69, 9.17) is 0 Å². The van der Waals surface area contributed by atoms with Gasteiger partial charge in [0.15, 0.2) is 11.4 Å². The number of nitrogens with one attached hydrogen (secondary N) is 2. The molecule has 0 aliphatic heterocycles. The molecule has 1 heterocycles. The van der Waals surface area contributed by atoms with Gasteiger partial charge in [-0.1, -0.05) is 12.1 Å². The first-order valence-corrected chi connectivity index (χ1v) is 12.1. The third-order valence-electron chi connectivity index (χ3n) is 5.10. The number of hydrogen-bond donors (Lipinski definition) is 4. The molecule has 3 amide bonds. The van der Waals surface area contributed by atoms with Crippen molar-refractivity contribution < 1.29 is 24.6 Å². The summed E-state index contributed by atoms with van der Waals surface area (Å²) in [5.74, 6) is -0.159. The zero-order valence-electron chi connectivity index (χ0n) is 21.2. The van der Waals surface area contributed by atoms with Crippen LogP contribution in [0.1, 0.15) is 59.7 Å². The number of aromatic nitrogens is 1. The number of amides is 3. The van der Waals surface area contributed by atoms with Gasteiger partial charge in [0.2, 0.25) is 5.91 Å². The van der Waals surface area contributed by atoms with Crippen molar-refractivity contribution in [2.75, 3.05) is 10.6 Å². The van der Waals surface area contributed by atoms with Crippen molar-refractivity contribution in [1.29, 1.82) is 0 Å². The van der Waals surface area contributed by atoms with E-state index in [1.165, 1.54) is 18.3 Å². The highest BCUT2D eigenvalue weighted by Gasteiger charge is 2.43. The summed E-state index contributed by atoms with van der Waals surface area (Å²) in [6, 6.07) is 7.42. The Kier molecular flexibility index (Phi) is 8.72. The smallest absolute Gasteiger partial charge is 0.410 e. The average Bonchev–Trinajstić information content (AvgIpc) is 3.11. The van der Waals surface area contributed by atoms with E-state index in [2.05, 4.69) is 15.6 Å². The summed E-state index contributed by atoms with van der Waals surface area (Å²) in [7, 11) is 0. The van der Waals surface area contributed by atoms with Gasteiger partial charge in [-0.15, -0.1) is 11.3 Å². The van der Waals surface area contributed by atoms with Gasteiger partial charge in [-0.25, -0.2) is 14.6 Å². The molecule has 0 unspecified atom stereocenters. The van der Waals surface area contributed by atoms with E-state index in [1.54, 1.807) is 53.7 Å². The Labute approximate surface area is 210 Å². The predicted octanol–water partition coefficient (Wildman–Crippen LogP) is 5.14. The third-order valence-corrected chi connectivity index (χ3v) is 5.91. The minimum Gasteiger partial charge on any atom is -0.465 e. The van der Waals surface area contributed by atoms with Crippen molar-refractivity contribution in [3.8, 4) is 0 Å². The number of carbonyl (C=O) groups excluding carboxylic acids is 1. The van der Waals surface area contributed by atoms with Gasteiger partial charge in [0.25, 0.3) is 0 Å². The molecule has 2 rings (SSSR count). The summed E-state index contributed by atoms with van der Waals surface area (Å²) in [6.45, 7) is 11.8. The first-order chi connectivity index (χ1) is 16.1. The summed E-state index contributed by atoms with van der Waals surface area (Å²) in [6.07, 6.45) is -2.20. The minimum absolute atomic E-state index is 0.159. The quantitative estimate of drug-likeness (QED) is 0.365. The highest BCUT2D eigenvalue weighted by molar-refractivity contribution is 7.13. The van der Waals surface area contributed by atoms with E-state index in [9.17, 15) is 24.6 Å². The minimum atomic E-state index is -1.23. The maximum absolute atomic E-state index is 12.2. The molecule has 0 saturated carbocycles. The second-order valence-corrected chi connectivity index (χ2v) is 11.0. The van der Waals surface area contributed by atoms with E-state index in [1.807, 2.05) is 17.5 Å². The zero-order valence-corrected chi connectivity index (χ0v) is 22.1. The van der Waals surface area contributed by atoms with Crippen molar-refractivity contribution in [1.82, 2.24) is 14.8 Å². The lowest BCUT2D eigenvalue weighted by Gasteiger charge is -2.48. The fourth-order valence-electron chi connectivity index (χ4n) is 3.58. The number of anilines is 2. The highest BCUT2D eigenvalue weighted by Crippen LogP contribution is 2.27. The van der Waals surface area contributed by atoms with Crippen LogP contribution in [0.5, 0.6) is 0 Å². The summed E-state index contributed by atoms with van der Waals surface area (Å²) in [4.78, 5) is 42.2. The van der Waals surface area contributed by atoms with E-state index >= 15 is 0 Å². The van der Waals surface area contributed by atoms with Gasteiger partial charge >= 0.3 is 12.2 Å². The summed E-state index contributed by atoms with van der Waals surface area (Å²) in [5, 5.41) is 28.2. The van der Waals surface area contributed by atoms with Gasteiger partial charge in [-0.05, 0) is 72.1 Å². The summed E-state index contributed by atoms with van der Waals surface area (Å²) >= 11 is 1.38. The van der Waals surface area contributed by atoms with Crippen molar-refractivity contribution in [2.24, 2.45) is 0 Å². The molecular weight excluding hydrogens is 470 g/mol. The molecular formula is C24H35N5O5S. The topological polar surface area (TPSA) is 135 Å². The Bertz CT molecular complexity index is 1010. The molecule has 0 radical (unpaired) electrons. The van der Waals surface area contributed by atoms with Gasteiger partial charge in [0.1, 0.15) is 0 Å². The molecule has 2 aromatic rings. The number of hydrogen-bond acceptors (Lipinski definition) is 6. The van der Waals surface area contributed by atoms with Gasteiger partial charge in [-0.3, -0.25) is 14.6 Å². The fraction of sp³-hybridized carbons (Fsp3) is 0.500. The number of thiazole rings is 1. The number of rotatable bonds is 8. The SMILES string of the molecule is CC(=O)Nc1nc(CCc2ccc(NC(N(C(=O)O)C(C)(C)C)N(C(=O)O)C(C)(C)C)cc2)cs1. The standard InChI is InChI=1S/C24H35N5O5S/c1-15(30)25-19-26-18(14-35-19)13-10-16-8-11-17(12-9-16)27-20(28(21(31)32)23(2,3)4)29(22(33)34)24(5,6)7/h8-9,11-12,14,20,27H,10,13H2,1-7H3,(H,31,32)(H,33,34)(H,25,26,30). The van der Waals surface area contributed by atoms with E-state index in [0.717, 1.165) is 27.5 Å². The van der Waals surface area contributed by atoms with Crippen LogP contribution in [0.3, 0.4) is 0 Å². The van der Waals surface area contributed by atoms with Crippen molar-refractivity contribution in [2.45, 2.75) is 78.7 Å². The van der Waals surface area contributed by atoms with Gasteiger partial charge in [0, 0.05) is 29.1 Å². The molecule has 0 aliphatic carbocycles. The maximum Gasteiger partial charge on any atom is 0.410 e. The normalized spacial score (nSPS) is 11.8. The van der Waals surface area contributed by atoms with Crippen LogP contribution in [-0.2, 0) is 17.6 Å². The molecule has 4 N–H and O–H groups in total. The van der Waals surface area contributed by atoms with Crippen LogP contribution in [0.4, 0.5) is 20.4 Å². The number of nitrogens with zero attached hydrogens (tertiary/aromatic N) is 3. The molecule has 10 nitrogen and oxygen atoms in total. The molecule has 0 aliphatic rings. The first-order valence-electron chi connectivity index (χ1n) is 11.2. The van der Waals surface area contributed by atoms with Crippen LogP contribution in [-0.4, -0.2) is 60.5 Å². The molecule has 0 bridgehead atoms. The van der Waals surface area contributed by atoms with Crippen LogP contribution in [0.2, 0.25) is 0 Å². The van der Waals surface area contributed by atoms with E-state index < -0.39 is 29.6 Å². The van der Waals surface area contributed by atoms with Gasteiger partial charge < -0.3 is 20.8 Å². The summed E-state index contributed by atoms with van der Waals surface area (Å²) < 4.78 is 0. The fourth-order valence-corrected chi connectivity index (χ4v) is 4.37. The predicted molar refractivity (Wildman–Crippen MR) is 137 cm³/mol. The summed E-state index contributed by atoms with van der Waals surface area (Å²) in [5.41, 5.74) is 0.771. The largest absolute Gasteiger partial charge is 0.465 e. The molecule has 0 atom stereocenters. The van der Waals surface area contributed by atoms with Crippen molar-refractivity contribution in [3.63, 3.8) is 0 Å².